The lowest BCUT2D eigenvalue weighted by Crippen LogP contribution is -2.28. The SMILES string of the molecule is COc1cc(C(=O)NC[C@H](O)c2cccc(Cl)c2)ccc1-c1cn[nH]c1. The number of carbonyl (C=O) groups excluding carboxylic acids is 1. The van der Waals surface area contributed by atoms with Crippen molar-refractivity contribution >= 4 is 17.5 Å². The molecular weight excluding hydrogens is 354 g/mol. The molecule has 26 heavy (non-hydrogen) atoms. The Hall–Kier alpha value is -2.83. The Balaban J connectivity index is 1.70. The van der Waals surface area contributed by atoms with Crippen LogP contribution in [0.1, 0.15) is 22.0 Å². The summed E-state index contributed by atoms with van der Waals surface area (Å²) in [6.45, 7) is 0.0744. The number of amides is 1. The summed E-state index contributed by atoms with van der Waals surface area (Å²) in [5.41, 5.74) is 2.78. The van der Waals surface area contributed by atoms with E-state index >= 15 is 0 Å². The molecule has 0 saturated carbocycles. The molecular formula is C19H18ClN3O3. The minimum absolute atomic E-state index is 0.0744. The van der Waals surface area contributed by atoms with E-state index in [2.05, 4.69) is 15.5 Å². The Labute approximate surface area is 155 Å². The van der Waals surface area contributed by atoms with Gasteiger partial charge in [-0.3, -0.25) is 9.89 Å². The summed E-state index contributed by atoms with van der Waals surface area (Å²) >= 11 is 5.92. The van der Waals surface area contributed by atoms with Gasteiger partial charge in [0, 0.05) is 34.5 Å². The molecule has 0 aliphatic rings. The Kier molecular flexibility index (Phi) is 5.55. The van der Waals surface area contributed by atoms with E-state index < -0.39 is 6.10 Å². The number of aromatic amines is 1. The van der Waals surface area contributed by atoms with Gasteiger partial charge in [-0.25, -0.2) is 0 Å². The quantitative estimate of drug-likeness (QED) is 0.621. The highest BCUT2D eigenvalue weighted by molar-refractivity contribution is 6.30. The maximum Gasteiger partial charge on any atom is 0.251 e. The smallest absolute Gasteiger partial charge is 0.251 e. The molecule has 0 aliphatic carbocycles. The molecule has 3 N–H and O–H groups in total. The van der Waals surface area contributed by atoms with E-state index in [0.29, 0.717) is 21.9 Å². The second kappa shape index (κ2) is 8.03. The maximum atomic E-state index is 12.4. The highest BCUT2D eigenvalue weighted by Gasteiger charge is 2.14. The highest BCUT2D eigenvalue weighted by atomic mass is 35.5. The van der Waals surface area contributed by atoms with Crippen LogP contribution in [0.4, 0.5) is 0 Å². The summed E-state index contributed by atoms with van der Waals surface area (Å²) < 4.78 is 5.38. The lowest BCUT2D eigenvalue weighted by atomic mass is 10.0. The third-order valence-electron chi connectivity index (χ3n) is 3.96. The summed E-state index contributed by atoms with van der Waals surface area (Å²) in [6, 6.07) is 12.1. The standard InChI is InChI=1S/C19H18ClN3O3/c1-26-18-8-13(5-6-16(18)14-9-22-23-10-14)19(25)21-11-17(24)12-3-2-4-15(20)7-12/h2-10,17,24H,11H2,1H3,(H,21,25)(H,22,23)/t17-/m0/s1. The molecule has 0 unspecified atom stereocenters. The number of halogens is 1. The van der Waals surface area contributed by atoms with E-state index in [0.717, 1.165) is 11.1 Å². The van der Waals surface area contributed by atoms with Gasteiger partial charge >= 0.3 is 0 Å². The van der Waals surface area contributed by atoms with Crippen molar-refractivity contribution in [3.8, 4) is 16.9 Å². The molecule has 0 fully saturated rings. The first-order valence-corrected chi connectivity index (χ1v) is 8.35. The predicted molar refractivity (Wildman–Crippen MR) is 99.3 cm³/mol. The number of methoxy groups -OCH3 is 1. The van der Waals surface area contributed by atoms with E-state index in [4.69, 9.17) is 16.3 Å². The number of nitrogens with zero attached hydrogens (tertiary/aromatic N) is 1. The number of aliphatic hydroxyl groups excluding tert-OH is 1. The topological polar surface area (TPSA) is 87.2 Å². The van der Waals surface area contributed by atoms with Crippen molar-refractivity contribution in [3.63, 3.8) is 0 Å². The van der Waals surface area contributed by atoms with Gasteiger partial charge in [-0.15, -0.1) is 0 Å². The van der Waals surface area contributed by atoms with Gasteiger partial charge in [-0.05, 0) is 35.9 Å². The van der Waals surface area contributed by atoms with Gasteiger partial charge < -0.3 is 15.2 Å². The molecule has 0 saturated heterocycles. The first kappa shape index (κ1) is 18.0. The molecule has 3 aromatic rings. The lowest BCUT2D eigenvalue weighted by Gasteiger charge is -2.14. The van der Waals surface area contributed by atoms with Gasteiger partial charge in [0.2, 0.25) is 0 Å². The van der Waals surface area contributed by atoms with Crippen LogP contribution in [0.5, 0.6) is 5.75 Å². The zero-order valence-corrected chi connectivity index (χ0v) is 14.8. The van der Waals surface area contributed by atoms with Crippen molar-refractivity contribution in [2.75, 3.05) is 13.7 Å². The van der Waals surface area contributed by atoms with Crippen LogP contribution < -0.4 is 10.1 Å². The molecule has 3 rings (SSSR count). The fraction of sp³-hybridized carbons (Fsp3) is 0.158. The third-order valence-corrected chi connectivity index (χ3v) is 4.20. The number of aromatic nitrogens is 2. The van der Waals surface area contributed by atoms with E-state index in [1.54, 1.807) is 62.0 Å². The van der Waals surface area contributed by atoms with Crippen molar-refractivity contribution < 1.29 is 14.6 Å². The lowest BCUT2D eigenvalue weighted by molar-refractivity contribution is 0.0916. The highest BCUT2D eigenvalue weighted by Crippen LogP contribution is 2.30. The molecule has 0 spiro atoms. The van der Waals surface area contributed by atoms with Crippen LogP contribution in [0.2, 0.25) is 5.02 Å². The Morgan fingerprint density at radius 2 is 2.19 bits per heavy atom. The van der Waals surface area contributed by atoms with Gasteiger partial charge in [0.15, 0.2) is 0 Å². The van der Waals surface area contributed by atoms with E-state index in [9.17, 15) is 9.90 Å². The average molecular weight is 372 g/mol. The summed E-state index contributed by atoms with van der Waals surface area (Å²) in [5.74, 6) is 0.262. The Morgan fingerprint density at radius 3 is 2.88 bits per heavy atom. The summed E-state index contributed by atoms with van der Waals surface area (Å²) in [7, 11) is 1.55. The molecule has 0 bridgehead atoms. The number of H-pyrrole nitrogens is 1. The maximum absolute atomic E-state index is 12.4. The van der Waals surface area contributed by atoms with E-state index in [1.165, 1.54) is 0 Å². The molecule has 7 heteroatoms. The minimum atomic E-state index is -0.843. The van der Waals surface area contributed by atoms with Crippen molar-refractivity contribution in [2.24, 2.45) is 0 Å². The van der Waals surface area contributed by atoms with Gasteiger partial charge in [0.05, 0.1) is 19.4 Å². The van der Waals surface area contributed by atoms with Crippen molar-refractivity contribution in [3.05, 3.63) is 71.0 Å². The summed E-state index contributed by atoms with van der Waals surface area (Å²) in [5, 5.41) is 20.1. The van der Waals surface area contributed by atoms with Crippen molar-refractivity contribution in [1.82, 2.24) is 15.5 Å². The monoisotopic (exact) mass is 371 g/mol. The van der Waals surface area contributed by atoms with Crippen LogP contribution in [0.3, 0.4) is 0 Å². The number of hydrogen-bond acceptors (Lipinski definition) is 4. The van der Waals surface area contributed by atoms with Crippen LogP contribution >= 0.6 is 11.6 Å². The fourth-order valence-corrected chi connectivity index (χ4v) is 2.79. The van der Waals surface area contributed by atoms with Crippen LogP contribution in [0.15, 0.2) is 54.9 Å². The zero-order valence-electron chi connectivity index (χ0n) is 14.1. The number of aliphatic hydroxyl groups is 1. The first-order valence-electron chi connectivity index (χ1n) is 7.97. The molecule has 1 atom stereocenters. The van der Waals surface area contributed by atoms with Gasteiger partial charge in [0.25, 0.3) is 5.91 Å². The number of hydrogen-bond donors (Lipinski definition) is 3. The van der Waals surface area contributed by atoms with Crippen LogP contribution in [0, 0.1) is 0 Å². The molecule has 0 aliphatic heterocycles. The molecule has 0 radical (unpaired) electrons. The minimum Gasteiger partial charge on any atom is -0.496 e. The number of benzene rings is 2. The summed E-state index contributed by atoms with van der Waals surface area (Å²) in [6.07, 6.45) is 2.59. The third kappa shape index (κ3) is 4.04. The van der Waals surface area contributed by atoms with E-state index in [1.807, 2.05) is 0 Å². The largest absolute Gasteiger partial charge is 0.496 e. The molecule has 2 aromatic carbocycles. The van der Waals surface area contributed by atoms with Crippen LogP contribution in [0.25, 0.3) is 11.1 Å². The van der Waals surface area contributed by atoms with Crippen LogP contribution in [-0.4, -0.2) is 34.9 Å². The Bertz CT molecular complexity index is 897. The average Bonchev–Trinajstić information content (AvgIpc) is 3.19. The van der Waals surface area contributed by atoms with Gasteiger partial charge in [-0.2, -0.15) is 5.10 Å². The normalized spacial score (nSPS) is 11.8. The predicted octanol–water partition coefficient (Wildman–Crippen LogP) is 3.20. The van der Waals surface area contributed by atoms with E-state index in [-0.39, 0.29) is 12.5 Å². The second-order valence-electron chi connectivity index (χ2n) is 5.68. The number of nitrogens with one attached hydrogen (secondary N) is 2. The van der Waals surface area contributed by atoms with Crippen LogP contribution in [-0.2, 0) is 0 Å². The number of rotatable bonds is 6. The molecule has 1 heterocycles. The zero-order chi connectivity index (χ0) is 18.5. The number of carbonyl (C=O) groups is 1. The van der Waals surface area contributed by atoms with Crippen molar-refractivity contribution in [1.29, 1.82) is 0 Å². The first-order chi connectivity index (χ1) is 12.6. The second-order valence-corrected chi connectivity index (χ2v) is 6.12. The van der Waals surface area contributed by atoms with Gasteiger partial charge in [-0.1, -0.05) is 23.7 Å². The molecule has 1 aromatic heterocycles. The molecule has 6 nitrogen and oxygen atoms in total. The number of ether oxygens (including phenoxy) is 1. The van der Waals surface area contributed by atoms with Crippen molar-refractivity contribution in [2.45, 2.75) is 6.10 Å². The fourth-order valence-electron chi connectivity index (χ4n) is 2.59. The summed E-state index contributed by atoms with van der Waals surface area (Å²) in [4.78, 5) is 12.4. The molecule has 134 valence electrons. The van der Waals surface area contributed by atoms with Gasteiger partial charge in [0.1, 0.15) is 5.75 Å². The molecule has 1 amide bonds. The Morgan fingerprint density at radius 1 is 1.35 bits per heavy atom.